The molecule has 0 saturated carbocycles. The number of aliphatic hydroxyl groups excluding tert-OH is 1. The third-order valence-electron chi connectivity index (χ3n) is 2.97. The van der Waals surface area contributed by atoms with Crippen LogP contribution in [0.1, 0.15) is 45.3 Å². The zero-order valence-corrected chi connectivity index (χ0v) is 11.4. The van der Waals surface area contributed by atoms with Gasteiger partial charge >= 0.3 is 0 Å². The van der Waals surface area contributed by atoms with Gasteiger partial charge in [0.25, 0.3) is 0 Å². The van der Waals surface area contributed by atoms with Crippen LogP contribution in [0, 0.1) is 11.7 Å². The summed E-state index contributed by atoms with van der Waals surface area (Å²) in [7, 11) is 0. The van der Waals surface area contributed by atoms with Crippen LogP contribution in [-0.2, 0) is 0 Å². The van der Waals surface area contributed by atoms with Gasteiger partial charge in [-0.1, -0.05) is 13.8 Å². The van der Waals surface area contributed by atoms with Crippen molar-refractivity contribution in [3.63, 3.8) is 0 Å². The molecule has 102 valence electrons. The quantitative estimate of drug-likeness (QED) is 0.786. The lowest BCUT2D eigenvalue weighted by Crippen LogP contribution is -2.28. The molecule has 3 unspecified atom stereocenters. The van der Waals surface area contributed by atoms with Crippen molar-refractivity contribution in [2.75, 3.05) is 6.54 Å². The molecule has 0 bridgehead atoms. The first-order valence-corrected chi connectivity index (χ1v) is 6.55. The maximum atomic E-state index is 12.8. The molecule has 3 nitrogen and oxygen atoms in total. The minimum atomic E-state index is -0.309. The Morgan fingerprint density at radius 1 is 1.39 bits per heavy atom. The van der Waals surface area contributed by atoms with Crippen molar-refractivity contribution in [1.29, 1.82) is 0 Å². The average Bonchev–Trinajstić information content (AvgIpc) is 2.31. The van der Waals surface area contributed by atoms with Crippen LogP contribution < -0.4 is 5.32 Å². The fourth-order valence-corrected chi connectivity index (χ4v) is 2.06. The lowest BCUT2D eigenvalue weighted by Gasteiger charge is -2.20. The number of nitrogens with zero attached hydrogens (tertiary/aromatic N) is 1. The highest BCUT2D eigenvalue weighted by Crippen LogP contribution is 2.15. The van der Waals surface area contributed by atoms with E-state index in [1.165, 1.54) is 12.3 Å². The molecule has 1 aromatic heterocycles. The first-order valence-electron chi connectivity index (χ1n) is 6.55. The monoisotopic (exact) mass is 254 g/mol. The Bertz CT molecular complexity index is 340. The number of aromatic nitrogens is 1. The van der Waals surface area contributed by atoms with Crippen LogP contribution in [0.4, 0.5) is 4.39 Å². The number of hydrogen-bond acceptors (Lipinski definition) is 3. The molecule has 0 saturated heterocycles. The Morgan fingerprint density at radius 3 is 2.61 bits per heavy atom. The molecule has 0 fully saturated rings. The molecule has 0 amide bonds. The lowest BCUT2D eigenvalue weighted by molar-refractivity contribution is 0.162. The van der Waals surface area contributed by atoms with E-state index in [1.807, 2.05) is 0 Å². The molecule has 0 aromatic carbocycles. The summed E-state index contributed by atoms with van der Waals surface area (Å²) in [5, 5.41) is 12.7. The van der Waals surface area contributed by atoms with Crippen LogP contribution in [-0.4, -0.2) is 22.7 Å². The van der Waals surface area contributed by atoms with Gasteiger partial charge in [-0.05, 0) is 44.4 Å². The van der Waals surface area contributed by atoms with E-state index >= 15 is 0 Å². The summed E-state index contributed by atoms with van der Waals surface area (Å²) >= 11 is 0. The van der Waals surface area contributed by atoms with Crippen molar-refractivity contribution in [2.45, 2.75) is 45.8 Å². The van der Waals surface area contributed by atoms with E-state index in [1.54, 1.807) is 13.0 Å². The van der Waals surface area contributed by atoms with E-state index in [0.29, 0.717) is 5.92 Å². The molecule has 2 N–H and O–H groups in total. The van der Waals surface area contributed by atoms with Gasteiger partial charge in [0, 0.05) is 6.04 Å². The minimum Gasteiger partial charge on any atom is -0.393 e. The third kappa shape index (κ3) is 5.10. The molecule has 3 atom stereocenters. The number of aliphatic hydroxyl groups is 1. The standard InChI is InChI=1S/C14H23FN2O/c1-4-13(14-6-5-12(15)9-17-14)16-8-10(2)7-11(3)18/h5-6,9-11,13,16,18H,4,7-8H2,1-3H3. The molecule has 0 radical (unpaired) electrons. The molecule has 18 heavy (non-hydrogen) atoms. The van der Waals surface area contributed by atoms with E-state index in [-0.39, 0.29) is 18.0 Å². The second kappa shape index (κ2) is 7.44. The molecular weight excluding hydrogens is 231 g/mol. The van der Waals surface area contributed by atoms with Gasteiger partial charge in [-0.3, -0.25) is 4.98 Å². The van der Waals surface area contributed by atoms with Crippen LogP contribution in [0.3, 0.4) is 0 Å². The second-order valence-corrected chi connectivity index (χ2v) is 4.96. The van der Waals surface area contributed by atoms with Gasteiger partial charge in [-0.2, -0.15) is 0 Å². The zero-order chi connectivity index (χ0) is 13.5. The van der Waals surface area contributed by atoms with Crippen LogP contribution >= 0.6 is 0 Å². The van der Waals surface area contributed by atoms with E-state index in [2.05, 4.69) is 24.1 Å². The Hall–Kier alpha value is -1.00. The van der Waals surface area contributed by atoms with E-state index in [4.69, 9.17) is 0 Å². The fraction of sp³-hybridized carbons (Fsp3) is 0.643. The predicted octanol–water partition coefficient (Wildman–Crippen LogP) is 2.67. The smallest absolute Gasteiger partial charge is 0.141 e. The number of pyridine rings is 1. The maximum Gasteiger partial charge on any atom is 0.141 e. The number of halogens is 1. The Kier molecular flexibility index (Phi) is 6.22. The highest BCUT2D eigenvalue weighted by molar-refractivity contribution is 5.09. The van der Waals surface area contributed by atoms with Crippen LogP contribution in [0.2, 0.25) is 0 Å². The van der Waals surface area contributed by atoms with Crippen molar-refractivity contribution < 1.29 is 9.50 Å². The SMILES string of the molecule is CCC(NCC(C)CC(C)O)c1ccc(F)cn1. The molecule has 0 aliphatic rings. The summed E-state index contributed by atoms with van der Waals surface area (Å²) in [6.45, 7) is 6.80. The number of rotatable bonds is 7. The van der Waals surface area contributed by atoms with Gasteiger partial charge in [-0.25, -0.2) is 4.39 Å². The largest absolute Gasteiger partial charge is 0.393 e. The summed E-state index contributed by atoms with van der Waals surface area (Å²) in [5.41, 5.74) is 0.864. The van der Waals surface area contributed by atoms with Crippen molar-refractivity contribution in [1.82, 2.24) is 10.3 Å². The Morgan fingerprint density at radius 2 is 2.11 bits per heavy atom. The highest BCUT2D eigenvalue weighted by Gasteiger charge is 2.13. The van der Waals surface area contributed by atoms with Gasteiger partial charge in [0.2, 0.25) is 0 Å². The van der Waals surface area contributed by atoms with Crippen LogP contribution in [0.15, 0.2) is 18.3 Å². The molecule has 4 heteroatoms. The zero-order valence-electron chi connectivity index (χ0n) is 11.4. The minimum absolute atomic E-state index is 0.141. The van der Waals surface area contributed by atoms with Crippen LogP contribution in [0.5, 0.6) is 0 Å². The molecule has 0 spiro atoms. The average molecular weight is 254 g/mol. The van der Waals surface area contributed by atoms with Gasteiger partial charge in [0.05, 0.1) is 18.0 Å². The first kappa shape index (κ1) is 15.1. The Balaban J connectivity index is 2.49. The van der Waals surface area contributed by atoms with Crippen molar-refractivity contribution in [3.05, 3.63) is 29.8 Å². The topological polar surface area (TPSA) is 45.1 Å². The van der Waals surface area contributed by atoms with Gasteiger partial charge < -0.3 is 10.4 Å². The van der Waals surface area contributed by atoms with Gasteiger partial charge in [0.15, 0.2) is 0 Å². The van der Waals surface area contributed by atoms with Crippen molar-refractivity contribution in [3.8, 4) is 0 Å². The molecule has 1 aromatic rings. The summed E-state index contributed by atoms with van der Waals surface area (Å²) in [6.07, 6.45) is 2.66. The maximum absolute atomic E-state index is 12.8. The van der Waals surface area contributed by atoms with Gasteiger partial charge in [0.1, 0.15) is 5.82 Å². The summed E-state index contributed by atoms with van der Waals surface area (Å²) in [4.78, 5) is 4.10. The molecule has 0 aliphatic heterocycles. The number of nitrogens with one attached hydrogen (secondary N) is 1. The van der Waals surface area contributed by atoms with Crippen LogP contribution in [0.25, 0.3) is 0 Å². The highest BCUT2D eigenvalue weighted by atomic mass is 19.1. The summed E-state index contributed by atoms with van der Waals surface area (Å²) in [6, 6.07) is 3.30. The normalized spacial score (nSPS) is 16.3. The lowest BCUT2D eigenvalue weighted by atomic mass is 10.0. The van der Waals surface area contributed by atoms with Crippen molar-refractivity contribution >= 4 is 0 Å². The van der Waals surface area contributed by atoms with E-state index in [0.717, 1.165) is 25.1 Å². The number of hydrogen-bond donors (Lipinski definition) is 2. The third-order valence-corrected chi connectivity index (χ3v) is 2.97. The van der Waals surface area contributed by atoms with E-state index < -0.39 is 0 Å². The summed E-state index contributed by atoms with van der Waals surface area (Å²) < 4.78 is 12.8. The summed E-state index contributed by atoms with van der Waals surface area (Å²) in [5.74, 6) is 0.0931. The molecular formula is C14H23FN2O. The second-order valence-electron chi connectivity index (χ2n) is 4.96. The predicted molar refractivity (Wildman–Crippen MR) is 70.7 cm³/mol. The fourth-order valence-electron chi connectivity index (χ4n) is 2.06. The molecule has 0 aliphatic carbocycles. The molecule has 1 heterocycles. The van der Waals surface area contributed by atoms with Crippen molar-refractivity contribution in [2.24, 2.45) is 5.92 Å². The molecule has 1 rings (SSSR count). The van der Waals surface area contributed by atoms with E-state index in [9.17, 15) is 9.50 Å². The van der Waals surface area contributed by atoms with Gasteiger partial charge in [-0.15, -0.1) is 0 Å². The Labute approximate surface area is 108 Å². The first-order chi connectivity index (χ1) is 8.52.